The Bertz CT molecular complexity index is 899. The molecule has 3 aromatic rings. The normalized spacial score (nSPS) is 13.6. The molecule has 3 aromatic carbocycles. The van der Waals surface area contributed by atoms with Crippen molar-refractivity contribution in [2.24, 2.45) is 0 Å². The molecule has 0 fully saturated rings. The number of hydrogen-bond donors (Lipinski definition) is 0. The van der Waals surface area contributed by atoms with Gasteiger partial charge in [0.15, 0.2) is 0 Å². The van der Waals surface area contributed by atoms with Crippen molar-refractivity contribution in [2.45, 2.75) is 6.42 Å². The van der Waals surface area contributed by atoms with Crippen LogP contribution in [0.15, 0.2) is 72.8 Å². The van der Waals surface area contributed by atoms with Crippen LogP contribution in [0.3, 0.4) is 0 Å². The maximum atomic E-state index is 5.99. The molecule has 0 saturated heterocycles. The lowest BCUT2D eigenvalue weighted by Crippen LogP contribution is -1.88. The van der Waals surface area contributed by atoms with Crippen LogP contribution in [0, 0.1) is 0 Å². The van der Waals surface area contributed by atoms with Crippen LogP contribution in [-0.2, 0) is 6.42 Å². The van der Waals surface area contributed by atoms with Crippen LogP contribution in [0.2, 0.25) is 5.02 Å². The largest absolute Gasteiger partial charge is 0.0843 e. The average molecular weight is 303 g/mol. The second-order valence-corrected chi connectivity index (χ2v) is 6.00. The zero-order valence-corrected chi connectivity index (χ0v) is 12.8. The van der Waals surface area contributed by atoms with Gasteiger partial charge in [-0.1, -0.05) is 72.3 Å². The van der Waals surface area contributed by atoms with E-state index in [1.165, 1.54) is 33.0 Å². The molecule has 1 aliphatic carbocycles. The van der Waals surface area contributed by atoms with Gasteiger partial charge in [0.05, 0.1) is 0 Å². The molecule has 0 unspecified atom stereocenters. The predicted molar refractivity (Wildman–Crippen MR) is 96.1 cm³/mol. The van der Waals surface area contributed by atoms with Gasteiger partial charge in [-0.15, -0.1) is 0 Å². The monoisotopic (exact) mass is 302 g/mol. The van der Waals surface area contributed by atoms with Gasteiger partial charge in [0.1, 0.15) is 0 Å². The summed E-state index contributed by atoms with van der Waals surface area (Å²) in [5.41, 5.74) is 5.12. The third-order valence-corrected chi connectivity index (χ3v) is 4.44. The molecule has 0 spiro atoms. The fraction of sp³-hybridized carbons (Fsp3) is 0.0476. The van der Waals surface area contributed by atoms with E-state index in [1.54, 1.807) is 0 Å². The first kappa shape index (κ1) is 13.4. The van der Waals surface area contributed by atoms with E-state index in [2.05, 4.69) is 66.8 Å². The van der Waals surface area contributed by atoms with E-state index in [4.69, 9.17) is 11.6 Å². The Kier molecular flexibility index (Phi) is 3.32. The molecule has 0 nitrogen and oxygen atoms in total. The van der Waals surface area contributed by atoms with Crippen LogP contribution in [0.5, 0.6) is 0 Å². The Morgan fingerprint density at radius 2 is 1.64 bits per heavy atom. The zero-order chi connectivity index (χ0) is 14.9. The summed E-state index contributed by atoms with van der Waals surface area (Å²) in [6.45, 7) is 0. The Balaban J connectivity index is 1.89. The quantitative estimate of drug-likeness (QED) is 0.506. The minimum atomic E-state index is 0.772. The first-order valence-corrected chi connectivity index (χ1v) is 7.84. The zero-order valence-electron chi connectivity index (χ0n) is 12.1. The van der Waals surface area contributed by atoms with Crippen molar-refractivity contribution in [2.75, 3.05) is 0 Å². The molecule has 1 heteroatoms. The summed E-state index contributed by atoms with van der Waals surface area (Å²) >= 11 is 5.99. The Morgan fingerprint density at radius 3 is 2.50 bits per heavy atom. The van der Waals surface area contributed by atoms with Crippen LogP contribution in [0.4, 0.5) is 0 Å². The molecule has 1 aliphatic rings. The van der Waals surface area contributed by atoms with E-state index in [-0.39, 0.29) is 0 Å². The molecule has 22 heavy (non-hydrogen) atoms. The second-order valence-electron chi connectivity index (χ2n) is 5.57. The van der Waals surface area contributed by atoms with Gasteiger partial charge in [0.2, 0.25) is 0 Å². The van der Waals surface area contributed by atoms with Crippen molar-refractivity contribution < 1.29 is 0 Å². The van der Waals surface area contributed by atoms with Gasteiger partial charge in [-0.05, 0) is 57.7 Å². The van der Waals surface area contributed by atoms with Gasteiger partial charge in [0, 0.05) is 5.02 Å². The van der Waals surface area contributed by atoms with Gasteiger partial charge in [-0.2, -0.15) is 0 Å². The van der Waals surface area contributed by atoms with Crippen molar-refractivity contribution in [3.8, 4) is 0 Å². The summed E-state index contributed by atoms with van der Waals surface area (Å²) in [4.78, 5) is 0. The van der Waals surface area contributed by atoms with Crippen molar-refractivity contribution in [1.82, 2.24) is 0 Å². The summed E-state index contributed by atoms with van der Waals surface area (Å²) in [7, 11) is 0. The summed E-state index contributed by atoms with van der Waals surface area (Å²) in [6, 6.07) is 21.1. The molecule has 106 valence electrons. The van der Waals surface area contributed by atoms with Crippen LogP contribution in [-0.4, -0.2) is 0 Å². The maximum absolute atomic E-state index is 5.99. The van der Waals surface area contributed by atoms with Gasteiger partial charge in [0.25, 0.3) is 0 Å². The van der Waals surface area contributed by atoms with Crippen LogP contribution < -0.4 is 0 Å². The van der Waals surface area contributed by atoms with Crippen LogP contribution in [0.1, 0.15) is 16.7 Å². The highest BCUT2D eigenvalue weighted by Crippen LogP contribution is 2.30. The lowest BCUT2D eigenvalue weighted by molar-refractivity contribution is 1.30. The summed E-state index contributed by atoms with van der Waals surface area (Å²) in [6.07, 6.45) is 7.69. The molecule has 4 rings (SSSR count). The number of fused-ring (bicyclic) bond motifs is 3. The van der Waals surface area contributed by atoms with Crippen molar-refractivity contribution in [3.05, 3.63) is 94.5 Å². The third-order valence-electron chi connectivity index (χ3n) is 4.18. The van der Waals surface area contributed by atoms with Crippen LogP contribution >= 0.6 is 11.6 Å². The lowest BCUT2D eigenvalue weighted by atomic mass is 9.96. The molecule has 0 N–H and O–H groups in total. The fourth-order valence-corrected chi connectivity index (χ4v) is 3.18. The lowest BCUT2D eigenvalue weighted by Gasteiger charge is -2.08. The Labute approximate surface area is 135 Å². The minimum absolute atomic E-state index is 0.772. The van der Waals surface area contributed by atoms with E-state index in [9.17, 15) is 0 Å². The fourth-order valence-electron chi connectivity index (χ4n) is 3.06. The molecule has 0 amide bonds. The van der Waals surface area contributed by atoms with Gasteiger partial charge in [-0.3, -0.25) is 0 Å². The second kappa shape index (κ2) is 5.47. The highest BCUT2D eigenvalue weighted by atomic mass is 35.5. The minimum Gasteiger partial charge on any atom is -0.0843 e. The molecular formula is C21H15Cl. The SMILES string of the molecule is Clc1ccc(C2=Cc3ccc4ccccc4c3CC=C2)cc1. The summed E-state index contributed by atoms with van der Waals surface area (Å²) < 4.78 is 0. The van der Waals surface area contributed by atoms with Crippen molar-refractivity contribution in [1.29, 1.82) is 0 Å². The topological polar surface area (TPSA) is 0 Å². The number of rotatable bonds is 1. The maximum Gasteiger partial charge on any atom is 0.0406 e. The molecule has 0 heterocycles. The molecule has 0 radical (unpaired) electrons. The van der Waals surface area contributed by atoms with Gasteiger partial charge >= 0.3 is 0 Å². The molecule has 0 bridgehead atoms. The van der Waals surface area contributed by atoms with E-state index in [1.807, 2.05) is 12.1 Å². The van der Waals surface area contributed by atoms with E-state index >= 15 is 0 Å². The smallest absolute Gasteiger partial charge is 0.0406 e. The molecule has 0 atom stereocenters. The third kappa shape index (κ3) is 2.36. The number of halogens is 1. The number of hydrogen-bond acceptors (Lipinski definition) is 0. The Hall–Kier alpha value is -2.31. The molecule has 0 aromatic heterocycles. The van der Waals surface area contributed by atoms with Crippen molar-refractivity contribution in [3.63, 3.8) is 0 Å². The standard InChI is InChI=1S/C21H15Cl/c22-19-12-10-15(11-13-19)17-5-3-7-21-18(14-17)9-8-16-4-1-2-6-20(16)21/h1-6,8-14H,7H2. The first-order chi connectivity index (χ1) is 10.8. The predicted octanol–water partition coefficient (Wildman–Crippen LogP) is 6.15. The first-order valence-electron chi connectivity index (χ1n) is 7.46. The van der Waals surface area contributed by atoms with E-state index in [0.29, 0.717) is 0 Å². The Morgan fingerprint density at radius 1 is 0.818 bits per heavy atom. The van der Waals surface area contributed by atoms with E-state index in [0.717, 1.165) is 11.4 Å². The number of allylic oxidation sites excluding steroid dienone is 3. The van der Waals surface area contributed by atoms with Crippen LogP contribution in [0.25, 0.3) is 22.4 Å². The molecule has 0 saturated carbocycles. The van der Waals surface area contributed by atoms with E-state index < -0.39 is 0 Å². The van der Waals surface area contributed by atoms with Gasteiger partial charge in [-0.25, -0.2) is 0 Å². The highest BCUT2D eigenvalue weighted by molar-refractivity contribution is 6.30. The van der Waals surface area contributed by atoms with Gasteiger partial charge < -0.3 is 0 Å². The molecule has 0 aliphatic heterocycles. The molecular weight excluding hydrogens is 288 g/mol. The average Bonchev–Trinajstić information content (AvgIpc) is 2.78. The van der Waals surface area contributed by atoms with Crippen molar-refractivity contribution >= 4 is 34.0 Å². The number of benzene rings is 3. The summed E-state index contributed by atoms with van der Waals surface area (Å²) in [5.74, 6) is 0. The highest BCUT2D eigenvalue weighted by Gasteiger charge is 2.09. The summed E-state index contributed by atoms with van der Waals surface area (Å²) in [5, 5.41) is 3.42.